The van der Waals surface area contributed by atoms with E-state index >= 15 is 0 Å². The number of thioether (sulfide) groups is 1. The van der Waals surface area contributed by atoms with Crippen molar-refractivity contribution in [3.63, 3.8) is 0 Å². The molecule has 0 unspecified atom stereocenters. The third kappa shape index (κ3) is 5.42. The molecule has 0 radical (unpaired) electrons. The Morgan fingerprint density at radius 2 is 1.84 bits per heavy atom. The van der Waals surface area contributed by atoms with Crippen LogP contribution < -0.4 is 10.1 Å². The third-order valence-corrected chi connectivity index (χ3v) is 4.10. The number of halogens is 3. The Morgan fingerprint density at radius 3 is 2.40 bits per heavy atom. The van der Waals surface area contributed by atoms with Crippen LogP contribution in [0.3, 0.4) is 0 Å². The van der Waals surface area contributed by atoms with E-state index < -0.39 is 11.7 Å². The fourth-order valence-electron chi connectivity index (χ4n) is 2.19. The Kier molecular flexibility index (Phi) is 6.36. The molecule has 2 aromatic carbocycles. The Morgan fingerprint density at radius 1 is 1.16 bits per heavy atom. The number of methoxy groups -OCH3 is 1. The SMILES string of the molecule is COc1cc(NC(=N[C@@H](C)c2ccccc2)SC)cc(C(F)(F)F)c1. The van der Waals surface area contributed by atoms with Gasteiger partial charge in [0.25, 0.3) is 0 Å². The smallest absolute Gasteiger partial charge is 0.416 e. The molecule has 1 atom stereocenters. The molecule has 0 aliphatic rings. The van der Waals surface area contributed by atoms with Crippen molar-refractivity contribution in [2.75, 3.05) is 18.7 Å². The molecular formula is C18H19F3N2OS. The number of anilines is 1. The first-order valence-corrected chi connectivity index (χ1v) is 8.76. The van der Waals surface area contributed by atoms with Crippen LogP contribution in [0.5, 0.6) is 5.75 Å². The molecule has 0 fully saturated rings. The summed E-state index contributed by atoms with van der Waals surface area (Å²) in [6.45, 7) is 1.93. The second-order valence-corrected chi connectivity index (χ2v) is 6.09. The highest BCUT2D eigenvalue weighted by atomic mass is 32.2. The lowest BCUT2D eigenvalue weighted by Gasteiger charge is -2.15. The lowest BCUT2D eigenvalue weighted by atomic mass is 10.1. The van der Waals surface area contributed by atoms with Crippen molar-refractivity contribution in [3.8, 4) is 5.75 Å². The van der Waals surface area contributed by atoms with Crippen molar-refractivity contribution >= 4 is 22.6 Å². The van der Waals surface area contributed by atoms with Crippen LogP contribution in [-0.2, 0) is 6.18 Å². The Balaban J connectivity index is 2.28. The zero-order valence-electron chi connectivity index (χ0n) is 14.1. The number of amidine groups is 1. The minimum absolute atomic E-state index is 0.121. The van der Waals surface area contributed by atoms with Crippen LogP contribution in [0.2, 0.25) is 0 Å². The van der Waals surface area contributed by atoms with Crippen LogP contribution in [0, 0.1) is 0 Å². The molecule has 0 aliphatic heterocycles. The first-order valence-electron chi connectivity index (χ1n) is 7.53. The summed E-state index contributed by atoms with van der Waals surface area (Å²) in [7, 11) is 1.33. The highest BCUT2D eigenvalue weighted by Gasteiger charge is 2.31. The van der Waals surface area contributed by atoms with Crippen molar-refractivity contribution in [1.82, 2.24) is 0 Å². The molecule has 0 saturated heterocycles. The van der Waals surface area contributed by atoms with Gasteiger partial charge in [-0.3, -0.25) is 4.99 Å². The van der Waals surface area contributed by atoms with Crippen LogP contribution in [0.4, 0.5) is 18.9 Å². The van der Waals surface area contributed by atoms with Crippen molar-refractivity contribution < 1.29 is 17.9 Å². The van der Waals surface area contributed by atoms with E-state index in [0.29, 0.717) is 5.17 Å². The van der Waals surface area contributed by atoms with E-state index in [0.717, 1.165) is 17.7 Å². The molecule has 3 nitrogen and oxygen atoms in total. The Labute approximate surface area is 149 Å². The zero-order valence-corrected chi connectivity index (χ0v) is 14.9. The maximum atomic E-state index is 13.0. The number of nitrogens with zero attached hydrogens (tertiary/aromatic N) is 1. The molecule has 2 aromatic rings. The van der Waals surface area contributed by atoms with Crippen LogP contribution in [0.1, 0.15) is 24.1 Å². The van der Waals surface area contributed by atoms with Gasteiger partial charge in [0.2, 0.25) is 0 Å². The fourth-order valence-corrected chi connectivity index (χ4v) is 2.68. The average molecular weight is 368 g/mol. The van der Waals surface area contributed by atoms with Gasteiger partial charge in [-0.2, -0.15) is 13.2 Å². The minimum Gasteiger partial charge on any atom is -0.497 e. The van der Waals surface area contributed by atoms with Gasteiger partial charge < -0.3 is 10.1 Å². The van der Waals surface area contributed by atoms with E-state index in [1.807, 2.05) is 43.5 Å². The Bertz CT molecular complexity index is 733. The third-order valence-electron chi connectivity index (χ3n) is 3.51. The van der Waals surface area contributed by atoms with Crippen molar-refractivity contribution in [2.24, 2.45) is 4.99 Å². The molecule has 2 rings (SSSR count). The average Bonchev–Trinajstić information content (AvgIpc) is 2.60. The second-order valence-electron chi connectivity index (χ2n) is 5.30. The highest BCUT2D eigenvalue weighted by Crippen LogP contribution is 2.34. The predicted octanol–water partition coefficient (Wildman–Crippen LogP) is 5.61. The summed E-state index contributed by atoms with van der Waals surface area (Å²) in [5, 5.41) is 3.48. The topological polar surface area (TPSA) is 33.6 Å². The van der Waals surface area contributed by atoms with Crippen LogP contribution >= 0.6 is 11.8 Å². The van der Waals surface area contributed by atoms with Gasteiger partial charge in [-0.15, -0.1) is 0 Å². The largest absolute Gasteiger partial charge is 0.497 e. The molecule has 25 heavy (non-hydrogen) atoms. The quantitative estimate of drug-likeness (QED) is 0.563. The lowest BCUT2D eigenvalue weighted by molar-refractivity contribution is -0.137. The summed E-state index contributed by atoms with van der Waals surface area (Å²) >= 11 is 1.33. The molecule has 1 N–H and O–H groups in total. The number of nitrogens with one attached hydrogen (secondary N) is 1. The molecule has 0 bridgehead atoms. The molecule has 0 amide bonds. The monoisotopic (exact) mass is 368 g/mol. The maximum absolute atomic E-state index is 13.0. The van der Waals surface area contributed by atoms with Gasteiger partial charge in [-0.25, -0.2) is 0 Å². The number of rotatable bonds is 4. The van der Waals surface area contributed by atoms with Gasteiger partial charge in [-0.1, -0.05) is 42.1 Å². The molecule has 0 aromatic heterocycles. The number of hydrogen-bond acceptors (Lipinski definition) is 3. The van der Waals surface area contributed by atoms with E-state index in [1.54, 1.807) is 0 Å². The van der Waals surface area contributed by atoms with Crippen molar-refractivity contribution in [1.29, 1.82) is 0 Å². The second kappa shape index (κ2) is 8.29. The first kappa shape index (κ1) is 19.2. The lowest BCUT2D eigenvalue weighted by Crippen LogP contribution is -2.11. The highest BCUT2D eigenvalue weighted by molar-refractivity contribution is 8.13. The summed E-state index contributed by atoms with van der Waals surface area (Å²) in [5.41, 5.74) is 0.531. The van der Waals surface area contributed by atoms with Gasteiger partial charge in [0.15, 0.2) is 5.17 Å². The van der Waals surface area contributed by atoms with Crippen LogP contribution in [0.25, 0.3) is 0 Å². The zero-order chi connectivity index (χ0) is 18.4. The molecule has 0 saturated carbocycles. The van der Waals surface area contributed by atoms with E-state index in [4.69, 9.17) is 4.74 Å². The van der Waals surface area contributed by atoms with E-state index in [2.05, 4.69) is 10.3 Å². The molecule has 134 valence electrons. The number of benzene rings is 2. The molecular weight excluding hydrogens is 349 g/mol. The van der Waals surface area contributed by atoms with Gasteiger partial charge in [0.05, 0.1) is 18.7 Å². The predicted molar refractivity (Wildman–Crippen MR) is 97.4 cm³/mol. The summed E-state index contributed by atoms with van der Waals surface area (Å²) in [5.74, 6) is 0.133. The van der Waals surface area contributed by atoms with E-state index in [1.165, 1.54) is 24.9 Å². The normalized spacial score (nSPS) is 13.4. The summed E-state index contributed by atoms with van der Waals surface area (Å²) in [4.78, 5) is 4.55. The Hall–Kier alpha value is -2.15. The van der Waals surface area contributed by atoms with Crippen molar-refractivity contribution in [3.05, 3.63) is 59.7 Å². The van der Waals surface area contributed by atoms with Gasteiger partial charge in [0, 0.05) is 11.8 Å². The van der Waals surface area contributed by atoms with Crippen molar-refractivity contribution in [2.45, 2.75) is 19.1 Å². The van der Waals surface area contributed by atoms with E-state index in [9.17, 15) is 13.2 Å². The van der Waals surface area contributed by atoms with E-state index in [-0.39, 0.29) is 17.5 Å². The molecule has 0 heterocycles. The van der Waals surface area contributed by atoms with Gasteiger partial charge in [0.1, 0.15) is 5.75 Å². The number of hydrogen-bond donors (Lipinski definition) is 1. The fraction of sp³-hybridized carbons (Fsp3) is 0.278. The number of aliphatic imine (C=N–C) groups is 1. The van der Waals surface area contributed by atoms with Gasteiger partial charge in [-0.05, 0) is 30.9 Å². The minimum atomic E-state index is -4.45. The number of alkyl halides is 3. The van der Waals surface area contributed by atoms with Crippen LogP contribution in [-0.4, -0.2) is 18.5 Å². The number of ether oxygens (including phenoxy) is 1. The maximum Gasteiger partial charge on any atom is 0.416 e. The molecule has 0 spiro atoms. The first-order chi connectivity index (χ1) is 11.8. The standard InChI is InChI=1S/C18H19F3N2OS/c1-12(13-7-5-4-6-8-13)22-17(25-3)23-15-9-14(18(19,20)21)10-16(11-15)24-2/h4-12H,1-3H3,(H,22,23)/t12-/m0/s1. The summed E-state index contributed by atoms with van der Waals surface area (Å²) in [6.07, 6.45) is -2.63. The summed E-state index contributed by atoms with van der Waals surface area (Å²) < 4.78 is 44.0. The molecule has 0 aliphatic carbocycles. The molecule has 7 heteroatoms. The van der Waals surface area contributed by atoms with Crippen LogP contribution in [0.15, 0.2) is 53.5 Å². The van der Waals surface area contributed by atoms with Gasteiger partial charge >= 0.3 is 6.18 Å². The summed E-state index contributed by atoms with van der Waals surface area (Å²) in [6, 6.07) is 13.1.